The van der Waals surface area contributed by atoms with Crippen LogP contribution >= 0.6 is 0 Å². The molecule has 0 spiro atoms. The minimum Gasteiger partial charge on any atom is -0.493 e. The molecular formula is C13H15N3O2. The van der Waals surface area contributed by atoms with E-state index in [-0.39, 0.29) is 0 Å². The van der Waals surface area contributed by atoms with Crippen LogP contribution < -0.4 is 15.2 Å². The monoisotopic (exact) mass is 245 g/mol. The van der Waals surface area contributed by atoms with Gasteiger partial charge in [-0.3, -0.25) is 9.97 Å². The number of benzene rings is 1. The zero-order valence-corrected chi connectivity index (χ0v) is 10.2. The Morgan fingerprint density at radius 2 is 2.17 bits per heavy atom. The maximum atomic E-state index is 5.73. The Morgan fingerprint density at radius 1 is 1.28 bits per heavy atom. The molecule has 1 aromatic heterocycles. The van der Waals surface area contributed by atoms with Gasteiger partial charge < -0.3 is 15.2 Å². The highest BCUT2D eigenvalue weighted by molar-refractivity contribution is 5.46. The van der Waals surface area contributed by atoms with Gasteiger partial charge in [-0.15, -0.1) is 0 Å². The normalized spacial score (nSPS) is 10.1. The van der Waals surface area contributed by atoms with Crippen LogP contribution in [0.4, 0.5) is 0 Å². The molecule has 2 aromatic rings. The van der Waals surface area contributed by atoms with Gasteiger partial charge in [-0.2, -0.15) is 0 Å². The molecule has 1 heterocycles. The average molecular weight is 245 g/mol. The summed E-state index contributed by atoms with van der Waals surface area (Å²) in [4.78, 5) is 8.13. The van der Waals surface area contributed by atoms with E-state index >= 15 is 0 Å². The molecule has 0 saturated carbocycles. The fourth-order valence-corrected chi connectivity index (χ4v) is 1.60. The van der Waals surface area contributed by atoms with Crippen LogP contribution in [0, 0.1) is 0 Å². The van der Waals surface area contributed by atoms with Crippen molar-refractivity contribution in [2.75, 3.05) is 7.11 Å². The van der Waals surface area contributed by atoms with E-state index in [1.807, 2.05) is 18.2 Å². The molecule has 94 valence electrons. The van der Waals surface area contributed by atoms with E-state index in [9.17, 15) is 0 Å². The molecule has 5 nitrogen and oxygen atoms in total. The first-order valence-corrected chi connectivity index (χ1v) is 5.58. The Morgan fingerprint density at radius 3 is 2.83 bits per heavy atom. The van der Waals surface area contributed by atoms with Gasteiger partial charge in [0.2, 0.25) is 0 Å². The van der Waals surface area contributed by atoms with Gasteiger partial charge in [0.15, 0.2) is 11.5 Å². The number of nitrogens with two attached hydrogens (primary N) is 1. The van der Waals surface area contributed by atoms with Gasteiger partial charge >= 0.3 is 0 Å². The minimum atomic E-state index is 0.335. The van der Waals surface area contributed by atoms with Gasteiger partial charge in [0.1, 0.15) is 6.61 Å². The number of nitrogens with zero attached hydrogens (tertiary/aromatic N) is 2. The molecule has 2 N–H and O–H groups in total. The van der Waals surface area contributed by atoms with Crippen LogP contribution in [-0.4, -0.2) is 17.1 Å². The molecule has 5 heteroatoms. The number of methoxy groups -OCH3 is 1. The summed E-state index contributed by atoms with van der Waals surface area (Å²) in [7, 11) is 1.60. The average Bonchev–Trinajstić information content (AvgIpc) is 2.45. The van der Waals surface area contributed by atoms with Crippen molar-refractivity contribution in [3.05, 3.63) is 48.0 Å². The first kappa shape index (κ1) is 12.3. The van der Waals surface area contributed by atoms with Crippen molar-refractivity contribution >= 4 is 0 Å². The molecule has 1 aromatic carbocycles. The third-order valence-corrected chi connectivity index (χ3v) is 2.48. The summed E-state index contributed by atoms with van der Waals surface area (Å²) in [6, 6.07) is 5.63. The van der Waals surface area contributed by atoms with Crippen LogP contribution in [0.15, 0.2) is 36.8 Å². The zero-order valence-electron chi connectivity index (χ0n) is 10.2. The number of ether oxygens (including phenoxy) is 2. The SMILES string of the molecule is COc1cccc(CN)c1OCc1cnccn1. The highest BCUT2D eigenvalue weighted by Crippen LogP contribution is 2.31. The van der Waals surface area contributed by atoms with Gasteiger partial charge in [0.05, 0.1) is 19.0 Å². The fourth-order valence-electron chi connectivity index (χ4n) is 1.60. The molecule has 0 unspecified atom stereocenters. The molecule has 0 bridgehead atoms. The summed E-state index contributed by atoms with van der Waals surface area (Å²) < 4.78 is 11.0. The Balaban J connectivity index is 2.17. The van der Waals surface area contributed by atoms with E-state index < -0.39 is 0 Å². The van der Waals surface area contributed by atoms with Gasteiger partial charge in [-0.05, 0) is 6.07 Å². The van der Waals surface area contributed by atoms with Crippen LogP contribution in [0.3, 0.4) is 0 Å². The second-order valence-electron chi connectivity index (χ2n) is 3.64. The molecule has 0 fully saturated rings. The van der Waals surface area contributed by atoms with Gasteiger partial charge in [-0.1, -0.05) is 12.1 Å². The van der Waals surface area contributed by atoms with Crippen LogP contribution in [0.2, 0.25) is 0 Å². The lowest BCUT2D eigenvalue weighted by Gasteiger charge is -2.13. The molecule has 0 atom stereocenters. The predicted octanol–water partition coefficient (Wildman–Crippen LogP) is 1.52. The highest BCUT2D eigenvalue weighted by atomic mass is 16.5. The molecule has 0 aliphatic heterocycles. The van der Waals surface area contributed by atoms with Crippen LogP contribution in [0.25, 0.3) is 0 Å². The standard InChI is InChI=1S/C13H15N3O2/c1-17-12-4-2-3-10(7-14)13(12)18-9-11-8-15-5-6-16-11/h2-6,8H,7,9,14H2,1H3. The summed E-state index contributed by atoms with van der Waals surface area (Å²) in [5.41, 5.74) is 7.34. The molecule has 2 rings (SSSR count). The highest BCUT2D eigenvalue weighted by Gasteiger charge is 2.09. The number of hydrogen-bond acceptors (Lipinski definition) is 5. The van der Waals surface area contributed by atoms with Crippen molar-refractivity contribution in [2.24, 2.45) is 5.73 Å². The lowest BCUT2D eigenvalue weighted by Crippen LogP contribution is -2.05. The molecule has 0 amide bonds. The molecule has 0 aliphatic rings. The number of rotatable bonds is 5. The van der Waals surface area contributed by atoms with E-state index in [0.717, 1.165) is 11.3 Å². The third kappa shape index (κ3) is 2.75. The van der Waals surface area contributed by atoms with Crippen molar-refractivity contribution in [1.29, 1.82) is 0 Å². The second kappa shape index (κ2) is 5.97. The molecule has 0 saturated heterocycles. The Labute approximate surface area is 106 Å². The first-order chi connectivity index (χ1) is 8.85. The summed E-state index contributed by atoms with van der Waals surface area (Å²) in [5, 5.41) is 0. The summed E-state index contributed by atoms with van der Waals surface area (Å²) in [6.07, 6.45) is 4.92. The van der Waals surface area contributed by atoms with Crippen LogP contribution in [0.5, 0.6) is 11.5 Å². The fraction of sp³-hybridized carbons (Fsp3) is 0.231. The van der Waals surface area contributed by atoms with Crippen molar-refractivity contribution in [1.82, 2.24) is 9.97 Å². The summed E-state index contributed by atoms with van der Waals surface area (Å²) >= 11 is 0. The smallest absolute Gasteiger partial charge is 0.166 e. The van der Waals surface area contributed by atoms with Crippen molar-refractivity contribution in [3.63, 3.8) is 0 Å². The predicted molar refractivity (Wildman–Crippen MR) is 67.2 cm³/mol. The molecule has 0 aliphatic carbocycles. The molecule has 0 radical (unpaired) electrons. The first-order valence-electron chi connectivity index (χ1n) is 5.58. The maximum absolute atomic E-state index is 5.73. The maximum Gasteiger partial charge on any atom is 0.166 e. The van der Waals surface area contributed by atoms with E-state index in [1.54, 1.807) is 25.7 Å². The number of hydrogen-bond donors (Lipinski definition) is 1. The van der Waals surface area contributed by atoms with Gasteiger partial charge in [0, 0.05) is 24.5 Å². The summed E-state index contributed by atoms with van der Waals surface area (Å²) in [5.74, 6) is 1.33. The van der Waals surface area contributed by atoms with Crippen LogP contribution in [-0.2, 0) is 13.2 Å². The Hall–Kier alpha value is -2.14. The van der Waals surface area contributed by atoms with Crippen molar-refractivity contribution in [3.8, 4) is 11.5 Å². The minimum absolute atomic E-state index is 0.335. The van der Waals surface area contributed by atoms with E-state index in [2.05, 4.69) is 9.97 Å². The lowest BCUT2D eigenvalue weighted by atomic mass is 10.2. The Kier molecular flexibility index (Phi) is 4.09. The van der Waals surface area contributed by atoms with Gasteiger partial charge in [-0.25, -0.2) is 0 Å². The Bertz CT molecular complexity index is 481. The molecular weight excluding hydrogens is 230 g/mol. The van der Waals surface area contributed by atoms with E-state index in [4.69, 9.17) is 15.2 Å². The largest absolute Gasteiger partial charge is 0.493 e. The topological polar surface area (TPSA) is 70.3 Å². The second-order valence-corrected chi connectivity index (χ2v) is 3.64. The quantitative estimate of drug-likeness (QED) is 0.864. The van der Waals surface area contributed by atoms with Crippen molar-refractivity contribution < 1.29 is 9.47 Å². The lowest BCUT2D eigenvalue weighted by molar-refractivity contribution is 0.277. The third-order valence-electron chi connectivity index (χ3n) is 2.48. The van der Waals surface area contributed by atoms with Gasteiger partial charge in [0.25, 0.3) is 0 Å². The van der Waals surface area contributed by atoms with E-state index in [0.29, 0.717) is 24.7 Å². The summed E-state index contributed by atoms with van der Waals surface area (Å²) in [6.45, 7) is 0.730. The van der Waals surface area contributed by atoms with E-state index in [1.165, 1.54) is 0 Å². The van der Waals surface area contributed by atoms with Crippen LogP contribution in [0.1, 0.15) is 11.3 Å². The number of para-hydroxylation sites is 1. The van der Waals surface area contributed by atoms with Crippen molar-refractivity contribution in [2.45, 2.75) is 13.2 Å². The molecule has 18 heavy (non-hydrogen) atoms. The number of aromatic nitrogens is 2. The zero-order chi connectivity index (χ0) is 12.8.